The summed E-state index contributed by atoms with van der Waals surface area (Å²) in [5.74, 6) is 1.34. The van der Waals surface area contributed by atoms with E-state index >= 15 is 0 Å². The maximum atomic E-state index is 13.3. The molecule has 0 radical (unpaired) electrons. The minimum absolute atomic E-state index is 0.0664. The molecule has 0 aromatic carbocycles. The molecule has 7 nitrogen and oxygen atoms in total. The number of amides is 1. The molecule has 1 saturated heterocycles. The third kappa shape index (κ3) is 2.53. The van der Waals surface area contributed by atoms with Crippen LogP contribution in [-0.2, 0) is 6.54 Å². The molecular formula is C26H23ClN6O. The van der Waals surface area contributed by atoms with Crippen molar-refractivity contribution in [2.75, 3.05) is 6.54 Å². The first kappa shape index (κ1) is 19.2. The van der Waals surface area contributed by atoms with Gasteiger partial charge in [-0.2, -0.15) is 5.10 Å². The number of halogens is 1. The summed E-state index contributed by atoms with van der Waals surface area (Å²) >= 11 is 6.24. The second-order valence-corrected chi connectivity index (χ2v) is 10.7. The standard InChI is InChI=1S/C26H23ClN6O/c1-13-23(20-7-15-4-5-21(27)29-25(15)31(20)10-14-2-3-14)30-33-12-18(9-28-24(13)33)26(34)32-11-17-6-16-8-19(32)22(16)17/h4-5,7,9,12,14,17,19H,2-3,6,8,10-11H2,1H3. The highest BCUT2D eigenvalue weighted by Crippen LogP contribution is 2.55. The third-order valence-corrected chi connectivity index (χ3v) is 8.44. The second kappa shape index (κ2) is 6.48. The molecular weight excluding hydrogens is 448 g/mol. The number of aryl methyl sites for hydroxylation is 1. The fraction of sp³-hybridized carbons (Fsp3) is 0.385. The Morgan fingerprint density at radius 3 is 2.88 bits per heavy atom. The lowest BCUT2D eigenvalue weighted by molar-refractivity contribution is 0.0739. The highest BCUT2D eigenvalue weighted by molar-refractivity contribution is 6.29. The zero-order chi connectivity index (χ0) is 22.7. The van der Waals surface area contributed by atoms with Gasteiger partial charge in [-0.25, -0.2) is 14.5 Å². The SMILES string of the molecule is Cc1c(-c2cc3ccc(Cl)nc3n2CC2CC2)nn2cc(C(=O)N3CC4CC5=C4C3C5)cnc12. The van der Waals surface area contributed by atoms with E-state index in [9.17, 15) is 4.79 Å². The van der Waals surface area contributed by atoms with Gasteiger partial charge in [0.15, 0.2) is 5.65 Å². The molecule has 1 amide bonds. The lowest BCUT2D eigenvalue weighted by Crippen LogP contribution is -2.40. The maximum absolute atomic E-state index is 13.3. The van der Waals surface area contributed by atoms with Crippen molar-refractivity contribution in [3.8, 4) is 11.4 Å². The van der Waals surface area contributed by atoms with Crippen LogP contribution in [0.1, 0.15) is 41.6 Å². The van der Waals surface area contributed by atoms with Gasteiger partial charge in [0.05, 0.1) is 17.3 Å². The average Bonchev–Trinajstić information content (AvgIpc) is 3.49. The van der Waals surface area contributed by atoms with Crippen LogP contribution in [0.15, 0.2) is 41.7 Å². The zero-order valence-corrected chi connectivity index (χ0v) is 19.6. The quantitative estimate of drug-likeness (QED) is 0.321. The average molecular weight is 471 g/mol. The van der Waals surface area contributed by atoms with Crippen LogP contribution in [0, 0.1) is 18.8 Å². The minimum Gasteiger partial charge on any atom is -0.331 e. The van der Waals surface area contributed by atoms with Gasteiger partial charge in [-0.3, -0.25) is 4.79 Å². The Morgan fingerprint density at radius 2 is 2.09 bits per heavy atom. The van der Waals surface area contributed by atoms with Crippen molar-refractivity contribution in [2.45, 2.75) is 45.2 Å². The van der Waals surface area contributed by atoms with E-state index in [0.29, 0.717) is 28.6 Å². The Morgan fingerprint density at radius 1 is 1.21 bits per heavy atom. The Labute approximate surface area is 201 Å². The van der Waals surface area contributed by atoms with Crippen LogP contribution in [-0.4, -0.2) is 47.5 Å². The van der Waals surface area contributed by atoms with Gasteiger partial charge < -0.3 is 9.47 Å². The van der Waals surface area contributed by atoms with Crippen LogP contribution in [0.4, 0.5) is 0 Å². The molecule has 170 valence electrons. The van der Waals surface area contributed by atoms with Crippen LogP contribution in [0.3, 0.4) is 0 Å². The van der Waals surface area contributed by atoms with Crippen molar-refractivity contribution in [3.05, 3.63) is 58.0 Å². The number of carbonyl (C=O) groups is 1. The van der Waals surface area contributed by atoms with E-state index < -0.39 is 0 Å². The van der Waals surface area contributed by atoms with Gasteiger partial charge >= 0.3 is 0 Å². The third-order valence-electron chi connectivity index (χ3n) is 8.23. The van der Waals surface area contributed by atoms with Crippen LogP contribution in [0.2, 0.25) is 5.15 Å². The predicted octanol–water partition coefficient (Wildman–Crippen LogP) is 4.66. The number of aromatic nitrogens is 5. The number of hydrogen-bond acceptors (Lipinski definition) is 4. The number of fused-ring (bicyclic) bond motifs is 2. The van der Waals surface area contributed by atoms with E-state index in [2.05, 4.69) is 20.6 Å². The van der Waals surface area contributed by atoms with Gasteiger partial charge in [0.25, 0.3) is 5.91 Å². The van der Waals surface area contributed by atoms with Crippen LogP contribution >= 0.6 is 11.6 Å². The monoisotopic (exact) mass is 470 g/mol. The largest absolute Gasteiger partial charge is 0.331 e. The van der Waals surface area contributed by atoms with E-state index in [4.69, 9.17) is 16.7 Å². The van der Waals surface area contributed by atoms with Crippen molar-refractivity contribution in [3.63, 3.8) is 0 Å². The molecule has 2 unspecified atom stereocenters. The van der Waals surface area contributed by atoms with Gasteiger partial charge in [0, 0.05) is 42.4 Å². The van der Waals surface area contributed by atoms with Gasteiger partial charge in [-0.05, 0) is 62.3 Å². The van der Waals surface area contributed by atoms with Crippen LogP contribution in [0.25, 0.3) is 28.1 Å². The van der Waals surface area contributed by atoms with Crippen molar-refractivity contribution >= 4 is 34.2 Å². The molecule has 8 heteroatoms. The molecule has 0 spiro atoms. The molecule has 34 heavy (non-hydrogen) atoms. The predicted molar refractivity (Wildman–Crippen MR) is 129 cm³/mol. The lowest BCUT2D eigenvalue weighted by atomic mass is 9.66. The van der Waals surface area contributed by atoms with Crippen molar-refractivity contribution in [1.29, 1.82) is 0 Å². The Hall–Kier alpha value is -3.19. The number of likely N-dealkylation sites (tertiary alicyclic amines) is 1. The van der Waals surface area contributed by atoms with E-state index in [1.807, 2.05) is 30.2 Å². The summed E-state index contributed by atoms with van der Waals surface area (Å²) < 4.78 is 4.02. The fourth-order valence-electron chi connectivity index (χ4n) is 6.25. The van der Waals surface area contributed by atoms with Crippen molar-refractivity contribution in [1.82, 2.24) is 29.0 Å². The lowest BCUT2D eigenvalue weighted by Gasteiger charge is -2.41. The molecule has 5 heterocycles. The number of carbonyl (C=O) groups excluding carboxylic acids is 1. The highest BCUT2D eigenvalue weighted by Gasteiger charge is 2.53. The van der Waals surface area contributed by atoms with Crippen LogP contribution in [0.5, 0.6) is 0 Å². The smallest absolute Gasteiger partial charge is 0.257 e. The number of pyridine rings is 1. The normalized spacial score (nSPS) is 22.9. The zero-order valence-electron chi connectivity index (χ0n) is 18.8. The topological polar surface area (TPSA) is 68.3 Å². The van der Waals surface area contributed by atoms with Crippen LogP contribution < -0.4 is 0 Å². The minimum atomic E-state index is 0.0664. The maximum Gasteiger partial charge on any atom is 0.257 e. The molecule has 4 aromatic heterocycles. The van der Waals surface area contributed by atoms with E-state index in [-0.39, 0.29) is 5.91 Å². The summed E-state index contributed by atoms with van der Waals surface area (Å²) in [6, 6.07) is 6.31. The number of hydrogen-bond donors (Lipinski definition) is 0. The summed E-state index contributed by atoms with van der Waals surface area (Å²) in [4.78, 5) is 24.7. The van der Waals surface area contributed by atoms with Gasteiger partial charge in [-0.1, -0.05) is 17.2 Å². The first-order chi connectivity index (χ1) is 16.5. The fourth-order valence-corrected chi connectivity index (χ4v) is 6.39. The summed E-state index contributed by atoms with van der Waals surface area (Å²) in [5, 5.41) is 6.47. The molecule has 4 aromatic rings. The van der Waals surface area contributed by atoms with Gasteiger partial charge in [-0.15, -0.1) is 0 Å². The highest BCUT2D eigenvalue weighted by atomic mass is 35.5. The van der Waals surface area contributed by atoms with Gasteiger partial charge in [0.1, 0.15) is 16.5 Å². The summed E-state index contributed by atoms with van der Waals surface area (Å²) in [5.41, 5.74) is 8.29. The van der Waals surface area contributed by atoms with Gasteiger partial charge in [0.2, 0.25) is 0 Å². The van der Waals surface area contributed by atoms with E-state index in [1.54, 1.807) is 16.3 Å². The number of rotatable bonds is 4. The molecule has 1 saturated carbocycles. The summed E-state index contributed by atoms with van der Waals surface area (Å²) in [6.07, 6.45) is 8.29. The molecule has 3 aliphatic carbocycles. The van der Waals surface area contributed by atoms with Crippen molar-refractivity contribution in [2.24, 2.45) is 11.8 Å². The van der Waals surface area contributed by atoms with E-state index in [1.165, 1.54) is 24.8 Å². The molecule has 1 aliphatic heterocycles. The molecule has 2 atom stereocenters. The molecule has 4 aliphatic rings. The van der Waals surface area contributed by atoms with E-state index in [0.717, 1.165) is 53.1 Å². The summed E-state index contributed by atoms with van der Waals surface area (Å²) in [6.45, 7) is 3.80. The first-order valence-corrected chi connectivity index (χ1v) is 12.5. The molecule has 2 fully saturated rings. The second-order valence-electron chi connectivity index (χ2n) is 10.4. The Bertz CT molecular complexity index is 1590. The molecule has 0 bridgehead atoms. The van der Waals surface area contributed by atoms with Crippen molar-refractivity contribution < 1.29 is 4.79 Å². The first-order valence-electron chi connectivity index (χ1n) is 12.1. The Balaban J connectivity index is 1.21. The molecule has 8 rings (SSSR count). The Kier molecular flexibility index (Phi) is 3.65. The molecule has 0 N–H and O–H groups in total. The summed E-state index contributed by atoms with van der Waals surface area (Å²) in [7, 11) is 0. The number of nitrogens with zero attached hydrogens (tertiary/aromatic N) is 6.